The van der Waals surface area contributed by atoms with Gasteiger partial charge in [0.1, 0.15) is 0 Å². The molecular formula is C11H24N2. The number of rotatable bonds is 3. The first-order chi connectivity index (χ1) is 6.15. The van der Waals surface area contributed by atoms with Gasteiger partial charge in [-0.2, -0.15) is 0 Å². The van der Waals surface area contributed by atoms with Gasteiger partial charge >= 0.3 is 0 Å². The third-order valence-corrected chi connectivity index (χ3v) is 3.02. The Balaban J connectivity index is 2.50. The fourth-order valence-corrected chi connectivity index (χ4v) is 2.19. The summed E-state index contributed by atoms with van der Waals surface area (Å²) in [4.78, 5) is 5.11. The summed E-state index contributed by atoms with van der Waals surface area (Å²) in [5, 5.41) is 0. The fourth-order valence-electron chi connectivity index (χ4n) is 2.19. The Labute approximate surface area is 82.9 Å². The molecule has 2 heteroatoms. The van der Waals surface area contributed by atoms with E-state index in [9.17, 15) is 0 Å². The SMILES string of the molecule is CCCN1CCN(C)CC1C(C)C. The molecule has 0 spiro atoms. The van der Waals surface area contributed by atoms with E-state index < -0.39 is 0 Å². The lowest BCUT2D eigenvalue weighted by Gasteiger charge is -2.42. The number of likely N-dealkylation sites (N-methyl/N-ethyl adjacent to an activating group) is 1. The molecule has 0 aromatic rings. The molecule has 1 fully saturated rings. The van der Waals surface area contributed by atoms with Gasteiger partial charge in [-0.1, -0.05) is 20.8 Å². The zero-order valence-electron chi connectivity index (χ0n) is 9.58. The molecule has 78 valence electrons. The summed E-state index contributed by atoms with van der Waals surface area (Å²) in [5.41, 5.74) is 0. The van der Waals surface area contributed by atoms with Crippen LogP contribution in [0.2, 0.25) is 0 Å². The molecule has 0 saturated carbocycles. The van der Waals surface area contributed by atoms with Gasteiger partial charge in [-0.15, -0.1) is 0 Å². The minimum atomic E-state index is 0.777. The molecule has 0 aliphatic carbocycles. The van der Waals surface area contributed by atoms with E-state index in [1.807, 2.05) is 0 Å². The Bertz CT molecular complexity index is 145. The van der Waals surface area contributed by atoms with Crippen molar-refractivity contribution in [3.05, 3.63) is 0 Å². The van der Waals surface area contributed by atoms with Gasteiger partial charge in [0, 0.05) is 25.7 Å². The summed E-state index contributed by atoms with van der Waals surface area (Å²) >= 11 is 0. The van der Waals surface area contributed by atoms with Gasteiger partial charge in [-0.25, -0.2) is 0 Å². The highest BCUT2D eigenvalue weighted by Crippen LogP contribution is 2.16. The van der Waals surface area contributed by atoms with E-state index in [1.54, 1.807) is 0 Å². The van der Waals surface area contributed by atoms with Crippen LogP contribution in [0.3, 0.4) is 0 Å². The van der Waals surface area contributed by atoms with E-state index in [4.69, 9.17) is 0 Å². The molecule has 0 aromatic carbocycles. The number of nitrogens with zero attached hydrogens (tertiary/aromatic N) is 2. The molecule has 1 aliphatic rings. The third-order valence-electron chi connectivity index (χ3n) is 3.02. The molecule has 1 heterocycles. The van der Waals surface area contributed by atoms with Gasteiger partial charge in [-0.05, 0) is 25.9 Å². The second kappa shape index (κ2) is 4.97. The summed E-state index contributed by atoms with van der Waals surface area (Å²) in [6.07, 6.45) is 1.28. The van der Waals surface area contributed by atoms with E-state index >= 15 is 0 Å². The lowest BCUT2D eigenvalue weighted by Crippen LogP contribution is -2.54. The lowest BCUT2D eigenvalue weighted by atomic mass is 9.99. The Kier molecular flexibility index (Phi) is 4.20. The van der Waals surface area contributed by atoms with Crippen LogP contribution in [0, 0.1) is 5.92 Å². The first kappa shape index (κ1) is 11.0. The highest BCUT2D eigenvalue weighted by molar-refractivity contribution is 4.82. The summed E-state index contributed by atoms with van der Waals surface area (Å²) < 4.78 is 0. The first-order valence-corrected chi connectivity index (χ1v) is 5.57. The van der Waals surface area contributed by atoms with Crippen molar-refractivity contribution >= 4 is 0 Å². The van der Waals surface area contributed by atoms with E-state index in [-0.39, 0.29) is 0 Å². The van der Waals surface area contributed by atoms with Gasteiger partial charge in [0.25, 0.3) is 0 Å². The monoisotopic (exact) mass is 184 g/mol. The minimum absolute atomic E-state index is 0.777. The van der Waals surface area contributed by atoms with Crippen molar-refractivity contribution in [1.82, 2.24) is 9.80 Å². The van der Waals surface area contributed by atoms with Gasteiger partial charge < -0.3 is 4.90 Å². The van der Waals surface area contributed by atoms with Crippen LogP contribution in [-0.2, 0) is 0 Å². The summed E-state index contributed by atoms with van der Waals surface area (Å²) in [7, 11) is 2.23. The van der Waals surface area contributed by atoms with Crippen molar-refractivity contribution in [1.29, 1.82) is 0 Å². The molecule has 2 nitrogen and oxygen atoms in total. The Morgan fingerprint density at radius 3 is 2.54 bits per heavy atom. The largest absolute Gasteiger partial charge is 0.304 e. The average molecular weight is 184 g/mol. The maximum absolute atomic E-state index is 2.66. The first-order valence-electron chi connectivity index (χ1n) is 5.57. The molecule has 0 amide bonds. The van der Waals surface area contributed by atoms with Crippen LogP contribution >= 0.6 is 0 Å². The van der Waals surface area contributed by atoms with Crippen molar-refractivity contribution in [3.63, 3.8) is 0 Å². The van der Waals surface area contributed by atoms with Crippen molar-refractivity contribution in [2.75, 3.05) is 33.2 Å². The molecular weight excluding hydrogens is 160 g/mol. The zero-order valence-corrected chi connectivity index (χ0v) is 9.58. The number of hydrogen-bond acceptors (Lipinski definition) is 2. The maximum Gasteiger partial charge on any atom is 0.0246 e. The normalized spacial score (nSPS) is 27.0. The molecule has 0 radical (unpaired) electrons. The lowest BCUT2D eigenvalue weighted by molar-refractivity contribution is 0.0634. The highest BCUT2D eigenvalue weighted by atomic mass is 15.3. The number of piperazine rings is 1. The van der Waals surface area contributed by atoms with Crippen molar-refractivity contribution in [2.45, 2.75) is 33.2 Å². The minimum Gasteiger partial charge on any atom is -0.304 e. The highest BCUT2D eigenvalue weighted by Gasteiger charge is 2.26. The Morgan fingerprint density at radius 2 is 2.00 bits per heavy atom. The quantitative estimate of drug-likeness (QED) is 0.658. The summed E-state index contributed by atoms with van der Waals surface area (Å²) in [6.45, 7) is 12.0. The third kappa shape index (κ3) is 2.96. The van der Waals surface area contributed by atoms with Crippen LogP contribution < -0.4 is 0 Å². The van der Waals surface area contributed by atoms with E-state index in [0.29, 0.717) is 0 Å². The molecule has 0 aromatic heterocycles. The molecule has 13 heavy (non-hydrogen) atoms. The van der Waals surface area contributed by atoms with Crippen molar-refractivity contribution < 1.29 is 0 Å². The maximum atomic E-state index is 2.66. The van der Waals surface area contributed by atoms with Crippen molar-refractivity contribution in [3.8, 4) is 0 Å². The average Bonchev–Trinajstić information content (AvgIpc) is 2.08. The molecule has 0 bridgehead atoms. The molecule has 1 rings (SSSR count). The molecule has 1 aliphatic heterocycles. The van der Waals surface area contributed by atoms with Crippen LogP contribution in [0.25, 0.3) is 0 Å². The van der Waals surface area contributed by atoms with E-state index in [0.717, 1.165) is 12.0 Å². The number of hydrogen-bond donors (Lipinski definition) is 0. The van der Waals surface area contributed by atoms with Crippen LogP contribution in [0.4, 0.5) is 0 Å². The molecule has 1 saturated heterocycles. The van der Waals surface area contributed by atoms with Gasteiger partial charge in [-0.3, -0.25) is 4.90 Å². The standard InChI is InChI=1S/C11H24N2/c1-5-6-13-8-7-12(4)9-11(13)10(2)3/h10-11H,5-9H2,1-4H3. The predicted molar refractivity (Wildman–Crippen MR) is 58.0 cm³/mol. The second-order valence-corrected chi connectivity index (χ2v) is 4.61. The molecule has 0 N–H and O–H groups in total. The van der Waals surface area contributed by atoms with Crippen LogP contribution in [-0.4, -0.2) is 49.1 Å². The topological polar surface area (TPSA) is 6.48 Å². The molecule has 1 unspecified atom stereocenters. The second-order valence-electron chi connectivity index (χ2n) is 4.61. The van der Waals surface area contributed by atoms with E-state index in [1.165, 1.54) is 32.6 Å². The van der Waals surface area contributed by atoms with Gasteiger partial charge in [0.15, 0.2) is 0 Å². The van der Waals surface area contributed by atoms with Crippen LogP contribution in [0.5, 0.6) is 0 Å². The summed E-state index contributed by atoms with van der Waals surface area (Å²) in [5.74, 6) is 0.786. The van der Waals surface area contributed by atoms with E-state index in [2.05, 4.69) is 37.6 Å². The van der Waals surface area contributed by atoms with Crippen molar-refractivity contribution in [2.24, 2.45) is 5.92 Å². The fraction of sp³-hybridized carbons (Fsp3) is 1.00. The Hall–Kier alpha value is -0.0800. The smallest absolute Gasteiger partial charge is 0.0246 e. The van der Waals surface area contributed by atoms with Gasteiger partial charge in [0.2, 0.25) is 0 Å². The predicted octanol–water partition coefficient (Wildman–Crippen LogP) is 1.67. The zero-order chi connectivity index (χ0) is 9.84. The Morgan fingerprint density at radius 1 is 1.31 bits per heavy atom. The summed E-state index contributed by atoms with van der Waals surface area (Å²) in [6, 6.07) is 0.777. The van der Waals surface area contributed by atoms with Crippen LogP contribution in [0.1, 0.15) is 27.2 Å². The molecule has 1 atom stereocenters. The van der Waals surface area contributed by atoms with Crippen LogP contribution in [0.15, 0.2) is 0 Å². The van der Waals surface area contributed by atoms with Gasteiger partial charge in [0.05, 0.1) is 0 Å².